The molecule has 1 aromatic carbocycles. The van der Waals surface area contributed by atoms with E-state index in [2.05, 4.69) is 15.3 Å². The monoisotopic (exact) mass is 267 g/mol. The van der Waals surface area contributed by atoms with E-state index in [4.69, 9.17) is 5.73 Å². The maximum Gasteiger partial charge on any atom is 0.436 e. The van der Waals surface area contributed by atoms with E-state index in [-0.39, 0.29) is 16.9 Å². The summed E-state index contributed by atoms with van der Waals surface area (Å²) in [6.07, 6.45) is -4.59. The molecule has 0 radical (unpaired) electrons. The van der Waals surface area contributed by atoms with E-state index in [0.29, 0.717) is 5.69 Å². The minimum absolute atomic E-state index is 0.0519. The Bertz CT molecular complexity index is 726. The van der Waals surface area contributed by atoms with Crippen LogP contribution in [-0.2, 0) is 6.18 Å². The average molecular weight is 267 g/mol. The number of benzene rings is 1. The lowest BCUT2D eigenvalue weighted by Crippen LogP contribution is -2.08. The van der Waals surface area contributed by atoms with Crippen LogP contribution in [0, 0.1) is 0 Å². The Morgan fingerprint density at radius 2 is 1.84 bits per heavy atom. The number of nitrogen functional groups attached to an aromatic ring is 1. The van der Waals surface area contributed by atoms with Gasteiger partial charge in [0.1, 0.15) is 5.82 Å². The van der Waals surface area contributed by atoms with Crippen molar-refractivity contribution in [3.8, 4) is 5.69 Å². The van der Waals surface area contributed by atoms with Gasteiger partial charge in [0, 0.05) is 0 Å². The number of anilines is 1. The maximum absolute atomic E-state index is 12.9. The van der Waals surface area contributed by atoms with Crippen molar-refractivity contribution in [1.82, 2.24) is 20.0 Å². The number of para-hydroxylation sites is 1. The quantitative estimate of drug-likeness (QED) is 0.710. The van der Waals surface area contributed by atoms with Crippen LogP contribution in [0.1, 0.15) is 5.69 Å². The standard InChI is InChI=1S/C11H8F3N5/c12-11(13,14)8-7-9(15)16-17-10(7)19(18-8)6-4-2-1-3-5-6/h1-5H,(H3,15,16,17). The van der Waals surface area contributed by atoms with E-state index < -0.39 is 11.9 Å². The van der Waals surface area contributed by atoms with Crippen LogP contribution in [0.4, 0.5) is 19.0 Å². The Morgan fingerprint density at radius 1 is 1.16 bits per heavy atom. The molecule has 3 aromatic rings. The van der Waals surface area contributed by atoms with Gasteiger partial charge in [0.2, 0.25) is 0 Å². The lowest BCUT2D eigenvalue weighted by atomic mass is 10.3. The van der Waals surface area contributed by atoms with E-state index in [1.54, 1.807) is 30.3 Å². The van der Waals surface area contributed by atoms with Crippen molar-refractivity contribution in [2.45, 2.75) is 6.18 Å². The largest absolute Gasteiger partial charge is 0.436 e. The van der Waals surface area contributed by atoms with E-state index in [1.807, 2.05) is 0 Å². The van der Waals surface area contributed by atoms with Crippen molar-refractivity contribution in [1.29, 1.82) is 0 Å². The Labute approximate surface area is 104 Å². The van der Waals surface area contributed by atoms with Crippen molar-refractivity contribution in [2.24, 2.45) is 0 Å². The molecular weight excluding hydrogens is 259 g/mol. The summed E-state index contributed by atoms with van der Waals surface area (Å²) in [4.78, 5) is 0. The van der Waals surface area contributed by atoms with Crippen LogP contribution in [0.15, 0.2) is 30.3 Å². The van der Waals surface area contributed by atoms with Crippen molar-refractivity contribution in [2.75, 3.05) is 5.73 Å². The van der Waals surface area contributed by atoms with Crippen molar-refractivity contribution in [3.05, 3.63) is 36.0 Å². The summed E-state index contributed by atoms with van der Waals surface area (Å²) >= 11 is 0. The fourth-order valence-electron chi connectivity index (χ4n) is 1.88. The molecule has 0 unspecified atom stereocenters. The van der Waals surface area contributed by atoms with Gasteiger partial charge in [-0.1, -0.05) is 18.2 Å². The van der Waals surface area contributed by atoms with Gasteiger partial charge in [-0.3, -0.25) is 5.10 Å². The van der Waals surface area contributed by atoms with Gasteiger partial charge in [-0.25, -0.2) is 4.68 Å². The number of halogens is 3. The lowest BCUT2D eigenvalue weighted by Gasteiger charge is -2.03. The van der Waals surface area contributed by atoms with Crippen molar-refractivity contribution in [3.63, 3.8) is 0 Å². The van der Waals surface area contributed by atoms with Crippen molar-refractivity contribution < 1.29 is 13.2 Å². The van der Waals surface area contributed by atoms with Gasteiger partial charge < -0.3 is 5.73 Å². The molecule has 5 nitrogen and oxygen atoms in total. The summed E-state index contributed by atoms with van der Waals surface area (Å²) in [6, 6.07) is 8.43. The average Bonchev–Trinajstić information content (AvgIpc) is 2.91. The van der Waals surface area contributed by atoms with Crippen LogP contribution in [-0.4, -0.2) is 20.0 Å². The highest BCUT2D eigenvalue weighted by molar-refractivity contribution is 5.90. The molecule has 3 N–H and O–H groups in total. The van der Waals surface area contributed by atoms with Crippen LogP contribution in [0.2, 0.25) is 0 Å². The molecule has 0 saturated carbocycles. The van der Waals surface area contributed by atoms with E-state index >= 15 is 0 Å². The van der Waals surface area contributed by atoms with Crippen LogP contribution < -0.4 is 5.73 Å². The molecule has 0 atom stereocenters. The first-order valence-electron chi connectivity index (χ1n) is 5.33. The molecular formula is C11H8F3N5. The molecule has 0 aliphatic carbocycles. The van der Waals surface area contributed by atoms with Crippen LogP contribution in [0.25, 0.3) is 16.7 Å². The molecule has 0 aliphatic heterocycles. The van der Waals surface area contributed by atoms with Gasteiger partial charge in [-0.2, -0.15) is 23.4 Å². The Morgan fingerprint density at radius 3 is 2.47 bits per heavy atom. The number of aromatic amines is 1. The normalized spacial score (nSPS) is 12.2. The second kappa shape index (κ2) is 3.74. The molecule has 2 heterocycles. The number of rotatable bonds is 1. The summed E-state index contributed by atoms with van der Waals surface area (Å²) in [5.41, 5.74) is 4.98. The number of nitrogens with zero attached hydrogens (tertiary/aromatic N) is 3. The fourth-order valence-corrected chi connectivity index (χ4v) is 1.88. The first kappa shape index (κ1) is 11.6. The zero-order valence-corrected chi connectivity index (χ0v) is 9.44. The van der Waals surface area contributed by atoms with E-state index in [0.717, 1.165) is 4.68 Å². The topological polar surface area (TPSA) is 72.5 Å². The molecule has 0 amide bonds. The number of aromatic nitrogens is 4. The SMILES string of the molecule is Nc1[nH]nc2c1c(C(F)(F)F)nn2-c1ccccc1. The minimum Gasteiger partial charge on any atom is -0.383 e. The third-order valence-corrected chi connectivity index (χ3v) is 2.68. The summed E-state index contributed by atoms with van der Waals surface area (Å²) in [7, 11) is 0. The number of nitrogens with one attached hydrogen (secondary N) is 1. The Hall–Kier alpha value is -2.51. The van der Waals surface area contributed by atoms with E-state index in [9.17, 15) is 13.2 Å². The summed E-state index contributed by atoms with van der Waals surface area (Å²) in [5.74, 6) is -0.149. The maximum atomic E-state index is 12.9. The predicted molar refractivity (Wildman–Crippen MR) is 62.6 cm³/mol. The van der Waals surface area contributed by atoms with Crippen LogP contribution >= 0.6 is 0 Å². The molecule has 19 heavy (non-hydrogen) atoms. The molecule has 8 heteroatoms. The number of nitrogens with two attached hydrogens (primary N) is 1. The molecule has 0 aliphatic rings. The third kappa shape index (κ3) is 1.72. The summed E-state index contributed by atoms with van der Waals surface area (Å²) in [5, 5.41) is 9.49. The highest BCUT2D eigenvalue weighted by Gasteiger charge is 2.39. The highest BCUT2D eigenvalue weighted by atomic mass is 19.4. The lowest BCUT2D eigenvalue weighted by molar-refractivity contribution is -0.140. The minimum atomic E-state index is -4.59. The molecule has 0 saturated heterocycles. The third-order valence-electron chi connectivity index (χ3n) is 2.68. The molecule has 0 spiro atoms. The van der Waals surface area contributed by atoms with Crippen molar-refractivity contribution >= 4 is 16.9 Å². The van der Waals surface area contributed by atoms with Gasteiger partial charge in [0.15, 0.2) is 11.3 Å². The Balaban J connectivity index is 2.34. The number of alkyl halides is 3. The molecule has 2 aromatic heterocycles. The Kier molecular flexibility index (Phi) is 2.28. The zero-order valence-electron chi connectivity index (χ0n) is 9.44. The molecule has 98 valence electrons. The van der Waals surface area contributed by atoms with E-state index in [1.165, 1.54) is 0 Å². The fraction of sp³-hybridized carbons (Fsp3) is 0.0909. The predicted octanol–water partition coefficient (Wildman–Crippen LogP) is 2.35. The molecule has 0 fully saturated rings. The second-order valence-corrected chi connectivity index (χ2v) is 3.93. The number of H-pyrrole nitrogens is 1. The van der Waals surface area contributed by atoms with Gasteiger partial charge in [-0.05, 0) is 12.1 Å². The first-order valence-corrected chi connectivity index (χ1v) is 5.33. The number of hydrogen-bond acceptors (Lipinski definition) is 3. The van der Waals surface area contributed by atoms with Crippen LogP contribution in [0.5, 0.6) is 0 Å². The van der Waals surface area contributed by atoms with Gasteiger partial charge in [0.25, 0.3) is 0 Å². The zero-order chi connectivity index (χ0) is 13.6. The smallest absolute Gasteiger partial charge is 0.383 e. The molecule has 0 bridgehead atoms. The summed E-state index contributed by atoms with van der Waals surface area (Å²) in [6.45, 7) is 0. The summed E-state index contributed by atoms with van der Waals surface area (Å²) < 4.78 is 39.9. The molecule has 3 rings (SSSR count). The van der Waals surface area contributed by atoms with Crippen LogP contribution in [0.3, 0.4) is 0 Å². The van der Waals surface area contributed by atoms with Gasteiger partial charge >= 0.3 is 6.18 Å². The number of hydrogen-bond donors (Lipinski definition) is 2. The van der Waals surface area contributed by atoms with Gasteiger partial charge in [0.05, 0.1) is 11.1 Å². The number of fused-ring (bicyclic) bond motifs is 1. The highest BCUT2D eigenvalue weighted by Crippen LogP contribution is 2.36. The second-order valence-electron chi connectivity index (χ2n) is 3.93. The first-order chi connectivity index (χ1) is 8.98. The van der Waals surface area contributed by atoms with Gasteiger partial charge in [-0.15, -0.1) is 0 Å².